The third-order valence-electron chi connectivity index (χ3n) is 1.78. The lowest BCUT2D eigenvalue weighted by Crippen LogP contribution is -2.08. The number of alkyl halides is 3. The minimum atomic E-state index is -4.10. The molecule has 1 aromatic rings. The first-order valence-corrected chi connectivity index (χ1v) is 5.50. The molecule has 0 unspecified atom stereocenters. The van der Waals surface area contributed by atoms with Crippen LogP contribution in [0.25, 0.3) is 0 Å². The first-order valence-electron chi connectivity index (χ1n) is 4.71. The van der Waals surface area contributed by atoms with Crippen molar-refractivity contribution in [1.29, 1.82) is 0 Å². The number of hydrogen-bond acceptors (Lipinski definition) is 2. The van der Waals surface area contributed by atoms with Crippen LogP contribution in [0.2, 0.25) is 0 Å². The molecule has 1 aromatic heterocycles. The maximum absolute atomic E-state index is 11.8. The van der Waals surface area contributed by atoms with Gasteiger partial charge in [-0.1, -0.05) is 0 Å². The number of rotatable bonds is 5. The fourth-order valence-electron chi connectivity index (χ4n) is 1.10. The lowest BCUT2D eigenvalue weighted by Gasteiger charge is -2.06. The van der Waals surface area contributed by atoms with Crippen LogP contribution in [0.3, 0.4) is 0 Å². The molecule has 0 N–H and O–H groups in total. The Morgan fingerprint density at radius 1 is 1.31 bits per heavy atom. The molecule has 0 bridgehead atoms. The summed E-state index contributed by atoms with van der Waals surface area (Å²) in [5, 5.41) is 0. The van der Waals surface area contributed by atoms with Crippen molar-refractivity contribution in [2.75, 3.05) is 6.61 Å². The highest BCUT2D eigenvalue weighted by atomic mass is 79.9. The van der Waals surface area contributed by atoms with Crippen LogP contribution in [-0.4, -0.2) is 17.8 Å². The molecule has 1 rings (SSSR count). The molecule has 0 saturated heterocycles. The highest BCUT2D eigenvalue weighted by molar-refractivity contribution is 9.10. The van der Waals surface area contributed by atoms with Crippen LogP contribution >= 0.6 is 15.9 Å². The standard InChI is InChI=1S/C10H11BrF3NO/c11-9-4-8(5-15-6-9)7-16-3-1-2-10(12,13)14/h4-6H,1-3,7H2. The number of hydrogen-bond donors (Lipinski definition) is 0. The molecule has 0 atom stereocenters. The van der Waals surface area contributed by atoms with Crippen molar-refractivity contribution in [3.63, 3.8) is 0 Å². The molecule has 0 spiro atoms. The maximum Gasteiger partial charge on any atom is 0.389 e. The molecule has 2 nitrogen and oxygen atoms in total. The molecule has 16 heavy (non-hydrogen) atoms. The predicted molar refractivity (Wildman–Crippen MR) is 56.9 cm³/mol. The summed E-state index contributed by atoms with van der Waals surface area (Å²) >= 11 is 3.24. The Kier molecular flexibility index (Phi) is 5.21. The largest absolute Gasteiger partial charge is 0.389 e. The lowest BCUT2D eigenvalue weighted by molar-refractivity contribution is -0.138. The summed E-state index contributed by atoms with van der Waals surface area (Å²) in [5.74, 6) is 0. The zero-order chi connectivity index (χ0) is 12.0. The van der Waals surface area contributed by atoms with Gasteiger partial charge in [-0.15, -0.1) is 0 Å². The van der Waals surface area contributed by atoms with Crippen LogP contribution in [0, 0.1) is 0 Å². The summed E-state index contributed by atoms with van der Waals surface area (Å²) in [6, 6.07) is 1.82. The predicted octanol–water partition coefficient (Wildman–Crippen LogP) is 3.70. The molecule has 0 aromatic carbocycles. The van der Waals surface area contributed by atoms with Gasteiger partial charge >= 0.3 is 6.18 Å². The van der Waals surface area contributed by atoms with Crippen molar-refractivity contribution in [2.24, 2.45) is 0 Å². The lowest BCUT2D eigenvalue weighted by atomic mass is 10.3. The summed E-state index contributed by atoms with van der Waals surface area (Å²) < 4.78 is 41.3. The average Bonchev–Trinajstić information content (AvgIpc) is 2.15. The molecule has 0 radical (unpaired) electrons. The van der Waals surface area contributed by atoms with E-state index in [2.05, 4.69) is 20.9 Å². The third-order valence-corrected chi connectivity index (χ3v) is 2.21. The number of pyridine rings is 1. The topological polar surface area (TPSA) is 22.1 Å². The van der Waals surface area contributed by atoms with Gasteiger partial charge in [0.2, 0.25) is 0 Å². The summed E-state index contributed by atoms with van der Waals surface area (Å²) in [6.07, 6.45) is -1.66. The van der Waals surface area contributed by atoms with Crippen molar-refractivity contribution in [3.8, 4) is 0 Å². The van der Waals surface area contributed by atoms with Gasteiger partial charge in [-0.05, 0) is 34.0 Å². The van der Waals surface area contributed by atoms with Gasteiger partial charge in [0.15, 0.2) is 0 Å². The summed E-state index contributed by atoms with van der Waals surface area (Å²) in [5.41, 5.74) is 0.835. The smallest absolute Gasteiger partial charge is 0.377 e. The monoisotopic (exact) mass is 297 g/mol. The number of ether oxygens (including phenoxy) is 1. The molecular weight excluding hydrogens is 287 g/mol. The van der Waals surface area contributed by atoms with Gasteiger partial charge in [-0.2, -0.15) is 13.2 Å². The van der Waals surface area contributed by atoms with Crippen molar-refractivity contribution in [1.82, 2.24) is 4.98 Å². The van der Waals surface area contributed by atoms with Gasteiger partial charge < -0.3 is 4.74 Å². The Morgan fingerprint density at radius 3 is 2.69 bits per heavy atom. The van der Waals surface area contributed by atoms with Crippen molar-refractivity contribution >= 4 is 15.9 Å². The molecule has 0 amide bonds. The second-order valence-electron chi connectivity index (χ2n) is 3.28. The third kappa shape index (κ3) is 6.07. The quantitative estimate of drug-likeness (QED) is 0.773. The molecule has 0 aliphatic heterocycles. The molecule has 1 heterocycles. The number of aromatic nitrogens is 1. The van der Waals surface area contributed by atoms with Crippen LogP contribution in [0.15, 0.2) is 22.9 Å². The first kappa shape index (κ1) is 13.4. The van der Waals surface area contributed by atoms with E-state index in [9.17, 15) is 13.2 Å². The van der Waals surface area contributed by atoms with Crippen molar-refractivity contribution < 1.29 is 17.9 Å². The Labute approximate surface area is 100.0 Å². The van der Waals surface area contributed by atoms with Gasteiger partial charge in [0.1, 0.15) is 0 Å². The molecule has 0 aliphatic rings. The van der Waals surface area contributed by atoms with Gasteiger partial charge in [0, 0.05) is 29.9 Å². The van der Waals surface area contributed by atoms with Gasteiger partial charge in [0.25, 0.3) is 0 Å². The molecule has 0 aliphatic carbocycles. The normalized spacial score (nSPS) is 11.8. The van der Waals surface area contributed by atoms with E-state index in [1.54, 1.807) is 12.4 Å². The van der Waals surface area contributed by atoms with E-state index in [1.807, 2.05) is 6.07 Å². The summed E-state index contributed by atoms with van der Waals surface area (Å²) in [4.78, 5) is 3.92. The average molecular weight is 298 g/mol. The van der Waals surface area contributed by atoms with E-state index < -0.39 is 12.6 Å². The van der Waals surface area contributed by atoms with Crippen LogP contribution in [0.1, 0.15) is 18.4 Å². The second kappa shape index (κ2) is 6.20. The SMILES string of the molecule is FC(F)(F)CCCOCc1cncc(Br)c1. The second-order valence-corrected chi connectivity index (χ2v) is 4.20. The Morgan fingerprint density at radius 2 is 2.06 bits per heavy atom. The Balaban J connectivity index is 2.17. The van der Waals surface area contributed by atoms with Crippen LogP contribution in [0.4, 0.5) is 13.2 Å². The molecule has 0 saturated carbocycles. The van der Waals surface area contributed by atoms with Gasteiger partial charge in [0.05, 0.1) is 6.61 Å². The van der Waals surface area contributed by atoms with E-state index >= 15 is 0 Å². The molecule has 0 fully saturated rings. The van der Waals surface area contributed by atoms with Crippen LogP contribution < -0.4 is 0 Å². The van der Waals surface area contributed by atoms with E-state index in [0.29, 0.717) is 0 Å². The zero-order valence-corrected chi connectivity index (χ0v) is 10.0. The number of nitrogens with zero attached hydrogens (tertiary/aromatic N) is 1. The van der Waals surface area contributed by atoms with E-state index in [-0.39, 0.29) is 19.6 Å². The minimum absolute atomic E-state index is 0.00900. The van der Waals surface area contributed by atoms with E-state index in [0.717, 1.165) is 10.0 Å². The fraction of sp³-hybridized carbons (Fsp3) is 0.500. The Hall–Kier alpha value is -0.620. The molecular formula is C10H11BrF3NO. The minimum Gasteiger partial charge on any atom is -0.377 e. The van der Waals surface area contributed by atoms with Crippen LogP contribution in [0.5, 0.6) is 0 Å². The molecule has 6 heteroatoms. The Bertz CT molecular complexity index is 330. The summed E-state index contributed by atoms with van der Waals surface area (Å²) in [6.45, 7) is 0.385. The fourth-order valence-corrected chi connectivity index (χ4v) is 1.51. The first-order chi connectivity index (χ1) is 7.47. The summed E-state index contributed by atoms with van der Waals surface area (Å²) in [7, 11) is 0. The molecule has 90 valence electrons. The van der Waals surface area contributed by atoms with Crippen molar-refractivity contribution in [2.45, 2.75) is 25.6 Å². The highest BCUT2D eigenvalue weighted by Crippen LogP contribution is 2.21. The van der Waals surface area contributed by atoms with E-state index in [1.165, 1.54) is 0 Å². The van der Waals surface area contributed by atoms with Gasteiger partial charge in [-0.25, -0.2) is 0 Å². The van der Waals surface area contributed by atoms with Crippen LogP contribution in [-0.2, 0) is 11.3 Å². The van der Waals surface area contributed by atoms with Gasteiger partial charge in [-0.3, -0.25) is 4.98 Å². The zero-order valence-electron chi connectivity index (χ0n) is 8.43. The van der Waals surface area contributed by atoms with E-state index in [4.69, 9.17) is 4.74 Å². The number of halogens is 4. The maximum atomic E-state index is 11.8. The highest BCUT2D eigenvalue weighted by Gasteiger charge is 2.25. The van der Waals surface area contributed by atoms with Crippen molar-refractivity contribution in [3.05, 3.63) is 28.5 Å².